The van der Waals surface area contributed by atoms with Crippen molar-refractivity contribution in [2.24, 2.45) is 17.8 Å². The summed E-state index contributed by atoms with van der Waals surface area (Å²) >= 11 is 15.0. The second-order valence-corrected chi connectivity index (χ2v) is 12.3. The maximum Gasteiger partial charge on any atom is 0.0189 e. The van der Waals surface area contributed by atoms with Crippen LogP contribution in [0.4, 0.5) is 0 Å². The van der Waals surface area contributed by atoms with Gasteiger partial charge in [0.05, 0.1) is 0 Å². The molecule has 3 unspecified atom stereocenters. The van der Waals surface area contributed by atoms with E-state index in [4.69, 9.17) is 0 Å². The van der Waals surface area contributed by atoms with Crippen molar-refractivity contribution in [3.05, 3.63) is 65.4 Å². The minimum atomic E-state index is 0.279. The molecular weight excluding hydrogens is 584 g/mol. The van der Waals surface area contributed by atoms with Crippen molar-refractivity contribution >= 4 is 63.7 Å². The van der Waals surface area contributed by atoms with Crippen LogP contribution in [0.5, 0.6) is 0 Å². The fourth-order valence-electron chi connectivity index (χ4n) is 6.64. The van der Waals surface area contributed by atoms with Gasteiger partial charge >= 0.3 is 0 Å². The Labute approximate surface area is 189 Å². The third kappa shape index (κ3) is 3.02. The predicted octanol–water partition coefficient (Wildman–Crippen LogP) is 8.60. The van der Waals surface area contributed by atoms with Crippen LogP contribution >= 0.6 is 63.7 Å². The van der Waals surface area contributed by atoms with E-state index in [0.29, 0.717) is 5.92 Å². The lowest BCUT2D eigenvalue weighted by atomic mass is 9.42. The topological polar surface area (TPSA) is 0 Å². The summed E-state index contributed by atoms with van der Waals surface area (Å²) in [7, 11) is 0. The summed E-state index contributed by atoms with van der Waals surface area (Å²) in [6.45, 7) is 0. The average Bonchev–Trinajstić information content (AvgIpc) is 2.52. The van der Waals surface area contributed by atoms with Gasteiger partial charge in [-0.05, 0) is 103 Å². The lowest BCUT2D eigenvalue weighted by Gasteiger charge is -2.62. The van der Waals surface area contributed by atoms with Crippen LogP contribution in [0.15, 0.2) is 54.3 Å². The summed E-state index contributed by atoms with van der Waals surface area (Å²) in [6, 6.07) is 13.8. The Morgan fingerprint density at radius 3 is 1.69 bits per heavy atom. The highest BCUT2D eigenvalue weighted by molar-refractivity contribution is 9.11. The third-order valence-corrected chi connectivity index (χ3v) is 8.82. The summed E-state index contributed by atoms with van der Waals surface area (Å²) in [5, 5.41) is 0. The number of hydrogen-bond acceptors (Lipinski definition) is 0. The Morgan fingerprint density at radius 1 is 0.654 bits per heavy atom. The van der Waals surface area contributed by atoms with E-state index in [9.17, 15) is 0 Å². The van der Waals surface area contributed by atoms with Crippen LogP contribution in [0.3, 0.4) is 0 Å². The second-order valence-electron chi connectivity index (χ2n) is 8.60. The van der Waals surface area contributed by atoms with Gasteiger partial charge in [0, 0.05) is 23.3 Å². The highest BCUT2D eigenvalue weighted by Crippen LogP contribution is 2.67. The Bertz CT molecular complexity index is 820. The molecule has 0 aliphatic heterocycles. The van der Waals surface area contributed by atoms with E-state index < -0.39 is 0 Å². The van der Waals surface area contributed by atoms with Crippen LogP contribution in [0, 0.1) is 17.8 Å². The first-order valence-corrected chi connectivity index (χ1v) is 12.5. The zero-order chi connectivity index (χ0) is 18.1. The molecule has 4 aliphatic carbocycles. The van der Waals surface area contributed by atoms with E-state index in [-0.39, 0.29) is 5.41 Å². The van der Waals surface area contributed by atoms with Gasteiger partial charge in [0.25, 0.3) is 0 Å². The van der Waals surface area contributed by atoms with Crippen LogP contribution in [-0.4, -0.2) is 0 Å². The summed E-state index contributed by atoms with van der Waals surface area (Å²) in [5.41, 5.74) is 3.31. The predicted molar refractivity (Wildman–Crippen MR) is 122 cm³/mol. The summed E-state index contributed by atoms with van der Waals surface area (Å²) < 4.78 is 4.74. The van der Waals surface area contributed by atoms with Gasteiger partial charge in [-0.1, -0.05) is 63.7 Å². The quantitative estimate of drug-likeness (QED) is 0.322. The molecule has 0 N–H and O–H groups in total. The van der Waals surface area contributed by atoms with Gasteiger partial charge in [0.1, 0.15) is 0 Å². The maximum absolute atomic E-state index is 3.75. The van der Waals surface area contributed by atoms with Crippen molar-refractivity contribution in [3.63, 3.8) is 0 Å². The monoisotopic (exact) mass is 600 g/mol. The molecule has 136 valence electrons. The number of hydrogen-bond donors (Lipinski definition) is 0. The molecule has 3 atom stereocenters. The van der Waals surface area contributed by atoms with Gasteiger partial charge in [-0.2, -0.15) is 0 Å². The molecule has 0 nitrogen and oxygen atoms in total. The Hall–Kier alpha value is 0.360. The van der Waals surface area contributed by atoms with Gasteiger partial charge in [0.15, 0.2) is 0 Å². The lowest BCUT2D eigenvalue weighted by Crippen LogP contribution is -2.53. The fraction of sp³-hybridized carbons (Fsp3) is 0.455. The first kappa shape index (κ1) is 18.4. The van der Waals surface area contributed by atoms with Gasteiger partial charge in [-0.15, -0.1) is 0 Å². The Balaban J connectivity index is 1.71. The third-order valence-electron chi connectivity index (χ3n) is 6.99. The molecule has 0 heterocycles. The lowest BCUT2D eigenvalue weighted by molar-refractivity contribution is -0.0281. The highest BCUT2D eigenvalue weighted by Gasteiger charge is 2.58. The number of halogens is 4. The molecule has 0 aromatic heterocycles. The van der Waals surface area contributed by atoms with Crippen LogP contribution in [0.2, 0.25) is 0 Å². The van der Waals surface area contributed by atoms with Crippen LogP contribution in [0.25, 0.3) is 0 Å². The molecule has 6 rings (SSSR count). The van der Waals surface area contributed by atoms with E-state index in [1.54, 1.807) is 0 Å². The fourth-order valence-corrected chi connectivity index (χ4v) is 9.27. The van der Waals surface area contributed by atoms with Gasteiger partial charge in [-0.25, -0.2) is 0 Å². The maximum atomic E-state index is 3.75. The molecule has 0 spiro atoms. The van der Waals surface area contributed by atoms with Gasteiger partial charge in [0.2, 0.25) is 0 Å². The van der Waals surface area contributed by atoms with Crippen molar-refractivity contribution in [2.75, 3.05) is 0 Å². The summed E-state index contributed by atoms with van der Waals surface area (Å²) in [5.74, 6) is 3.26. The van der Waals surface area contributed by atoms with Crippen molar-refractivity contribution in [2.45, 2.75) is 43.4 Å². The summed E-state index contributed by atoms with van der Waals surface area (Å²) in [4.78, 5) is 0. The van der Waals surface area contributed by atoms with Gasteiger partial charge in [-0.3, -0.25) is 0 Å². The molecule has 4 fully saturated rings. The zero-order valence-electron chi connectivity index (χ0n) is 14.3. The van der Waals surface area contributed by atoms with Crippen molar-refractivity contribution in [3.8, 4) is 0 Å². The SMILES string of the molecule is Brc1cc(Br)cc(C2C3CC4CC(C3)CC2(c2cc(Br)cc(Br)c2)C4)c1. The van der Waals surface area contributed by atoms with E-state index >= 15 is 0 Å². The highest BCUT2D eigenvalue weighted by atomic mass is 79.9. The molecule has 4 saturated carbocycles. The molecule has 4 heteroatoms. The van der Waals surface area contributed by atoms with E-state index in [1.807, 2.05) is 0 Å². The van der Waals surface area contributed by atoms with Gasteiger partial charge < -0.3 is 0 Å². The Kier molecular flexibility index (Phi) is 4.75. The molecule has 0 saturated heterocycles. The van der Waals surface area contributed by atoms with E-state index in [2.05, 4.69) is 100 Å². The van der Waals surface area contributed by atoms with Crippen molar-refractivity contribution in [1.82, 2.24) is 0 Å². The van der Waals surface area contributed by atoms with E-state index in [0.717, 1.165) is 17.8 Å². The normalized spacial score (nSPS) is 35.1. The minimum absolute atomic E-state index is 0.279. The molecule has 2 aromatic carbocycles. The molecular formula is C22H20Br4. The molecule has 0 radical (unpaired) electrons. The standard InChI is InChI=1S/C22H20Br4/c23-17-4-15(5-18(24)8-17)21-14-2-12-1-13(3-14)11-22(21,10-12)16-6-19(25)9-20(26)7-16/h4-9,12-14,21H,1-3,10-11H2. The Morgan fingerprint density at radius 2 is 1.15 bits per heavy atom. The number of rotatable bonds is 2. The number of benzene rings is 2. The second kappa shape index (κ2) is 6.71. The molecule has 4 aliphatic rings. The average molecular weight is 604 g/mol. The van der Waals surface area contributed by atoms with Crippen molar-refractivity contribution < 1.29 is 0 Å². The minimum Gasteiger partial charge on any atom is -0.0508 e. The molecule has 0 amide bonds. The largest absolute Gasteiger partial charge is 0.0508 e. The zero-order valence-corrected chi connectivity index (χ0v) is 20.7. The molecule has 2 aromatic rings. The molecule has 26 heavy (non-hydrogen) atoms. The first-order valence-electron chi connectivity index (χ1n) is 9.35. The first-order chi connectivity index (χ1) is 12.4. The summed E-state index contributed by atoms with van der Waals surface area (Å²) in [6.07, 6.45) is 6.99. The van der Waals surface area contributed by atoms with Crippen LogP contribution in [0.1, 0.15) is 49.1 Å². The van der Waals surface area contributed by atoms with E-state index in [1.165, 1.54) is 61.1 Å². The van der Waals surface area contributed by atoms with Crippen LogP contribution < -0.4 is 0 Å². The molecule has 4 bridgehead atoms. The smallest absolute Gasteiger partial charge is 0.0189 e. The van der Waals surface area contributed by atoms with Crippen molar-refractivity contribution in [1.29, 1.82) is 0 Å². The van der Waals surface area contributed by atoms with Crippen LogP contribution in [-0.2, 0) is 5.41 Å².